The summed E-state index contributed by atoms with van der Waals surface area (Å²) >= 11 is 0. The maximum absolute atomic E-state index is 9.66. The minimum atomic E-state index is -0.160. The molecule has 1 aliphatic carbocycles. The number of aliphatic hydroxyl groups excluding tert-OH is 1. The minimum Gasteiger partial charge on any atom is -0.395 e. The van der Waals surface area contributed by atoms with E-state index in [1.165, 1.54) is 53.4 Å². The molecule has 2 aliphatic rings. The number of aryl methyl sites for hydroxylation is 2. The normalized spacial score (nSPS) is 21.1. The van der Waals surface area contributed by atoms with Gasteiger partial charge < -0.3 is 14.8 Å². The van der Waals surface area contributed by atoms with E-state index in [9.17, 15) is 5.11 Å². The molecule has 3 heteroatoms. The number of hydrogen-bond donors (Lipinski definition) is 2. The first-order valence-corrected chi connectivity index (χ1v) is 7.15. The molecule has 0 spiro atoms. The molecule has 100 valence electrons. The summed E-state index contributed by atoms with van der Waals surface area (Å²) in [6.07, 6.45) is 4.94. The third-order valence-corrected chi connectivity index (χ3v) is 4.77. The van der Waals surface area contributed by atoms with Gasteiger partial charge in [0.2, 0.25) is 0 Å². The fraction of sp³-hybridized carbons (Fsp3) is 0.500. The van der Waals surface area contributed by atoms with Gasteiger partial charge in [-0.25, -0.2) is 0 Å². The number of ether oxygens (including phenoxy) is 1. The van der Waals surface area contributed by atoms with Crippen LogP contribution in [0, 0.1) is 0 Å². The van der Waals surface area contributed by atoms with Crippen LogP contribution in [0.2, 0.25) is 0 Å². The molecule has 0 radical (unpaired) electrons. The van der Waals surface area contributed by atoms with Gasteiger partial charge in [-0.05, 0) is 48.9 Å². The largest absolute Gasteiger partial charge is 0.395 e. The quantitative estimate of drug-likeness (QED) is 0.867. The van der Waals surface area contributed by atoms with Gasteiger partial charge in [-0.2, -0.15) is 0 Å². The smallest absolute Gasteiger partial charge is 0.0651 e. The minimum absolute atomic E-state index is 0.160. The summed E-state index contributed by atoms with van der Waals surface area (Å²) in [6, 6.07) is 6.58. The number of fused-ring (bicyclic) bond motifs is 3. The van der Waals surface area contributed by atoms with Gasteiger partial charge in [0.15, 0.2) is 0 Å². The van der Waals surface area contributed by atoms with Crippen LogP contribution in [-0.4, -0.2) is 29.9 Å². The van der Waals surface area contributed by atoms with Gasteiger partial charge in [-0.3, -0.25) is 0 Å². The molecule has 3 nitrogen and oxygen atoms in total. The Morgan fingerprint density at radius 1 is 1.21 bits per heavy atom. The van der Waals surface area contributed by atoms with Crippen LogP contribution in [0.1, 0.15) is 29.7 Å². The van der Waals surface area contributed by atoms with Crippen LogP contribution < -0.4 is 0 Å². The molecule has 1 aromatic carbocycles. The van der Waals surface area contributed by atoms with Crippen molar-refractivity contribution in [3.63, 3.8) is 0 Å². The van der Waals surface area contributed by atoms with Crippen molar-refractivity contribution < 1.29 is 9.84 Å². The van der Waals surface area contributed by atoms with Gasteiger partial charge in [0.05, 0.1) is 25.2 Å². The van der Waals surface area contributed by atoms with E-state index < -0.39 is 0 Å². The molecule has 1 fully saturated rings. The Bertz CT molecular complexity index is 619. The van der Waals surface area contributed by atoms with Crippen LogP contribution in [0.25, 0.3) is 10.9 Å². The van der Waals surface area contributed by atoms with E-state index >= 15 is 0 Å². The molecular formula is C16H19NO2. The first-order chi connectivity index (χ1) is 9.32. The number of aromatic nitrogens is 1. The Morgan fingerprint density at radius 3 is 2.79 bits per heavy atom. The van der Waals surface area contributed by atoms with Crippen LogP contribution in [0.15, 0.2) is 18.2 Å². The zero-order valence-corrected chi connectivity index (χ0v) is 11.0. The molecular weight excluding hydrogens is 238 g/mol. The van der Waals surface area contributed by atoms with Gasteiger partial charge >= 0.3 is 0 Å². The Kier molecular flexibility index (Phi) is 2.47. The Labute approximate surface area is 112 Å². The van der Waals surface area contributed by atoms with E-state index in [4.69, 9.17) is 4.74 Å². The highest BCUT2D eigenvalue weighted by molar-refractivity contribution is 5.86. The topological polar surface area (TPSA) is 45.2 Å². The maximum Gasteiger partial charge on any atom is 0.0651 e. The average Bonchev–Trinajstić information content (AvgIpc) is 2.76. The summed E-state index contributed by atoms with van der Waals surface area (Å²) in [7, 11) is 0. The van der Waals surface area contributed by atoms with Crippen molar-refractivity contribution in [2.45, 2.75) is 31.1 Å². The lowest BCUT2D eigenvalue weighted by Gasteiger charge is -2.40. The summed E-state index contributed by atoms with van der Waals surface area (Å²) in [5.74, 6) is 0. The van der Waals surface area contributed by atoms with Crippen molar-refractivity contribution >= 4 is 10.9 Å². The molecule has 2 aromatic rings. The highest BCUT2D eigenvalue weighted by atomic mass is 16.5. The second-order valence-electron chi connectivity index (χ2n) is 5.98. The Balaban J connectivity index is 1.86. The number of H-pyrrole nitrogens is 1. The van der Waals surface area contributed by atoms with Crippen LogP contribution in [0.5, 0.6) is 0 Å². The second kappa shape index (κ2) is 4.09. The van der Waals surface area contributed by atoms with Crippen molar-refractivity contribution in [1.82, 2.24) is 4.98 Å². The first kappa shape index (κ1) is 11.5. The monoisotopic (exact) mass is 257 g/mol. The molecule has 2 N–H and O–H groups in total. The van der Waals surface area contributed by atoms with Crippen LogP contribution in [0.4, 0.5) is 0 Å². The lowest BCUT2D eigenvalue weighted by atomic mass is 9.79. The number of aromatic amines is 1. The first-order valence-electron chi connectivity index (χ1n) is 7.15. The molecule has 1 saturated heterocycles. The molecule has 1 aliphatic heterocycles. The molecule has 0 saturated carbocycles. The van der Waals surface area contributed by atoms with Gasteiger partial charge in [-0.1, -0.05) is 6.07 Å². The fourth-order valence-corrected chi connectivity index (χ4v) is 3.43. The van der Waals surface area contributed by atoms with E-state index in [0.29, 0.717) is 13.2 Å². The van der Waals surface area contributed by atoms with Crippen molar-refractivity contribution in [2.24, 2.45) is 0 Å². The fourth-order valence-electron chi connectivity index (χ4n) is 3.43. The highest BCUT2D eigenvalue weighted by Crippen LogP contribution is 2.36. The van der Waals surface area contributed by atoms with E-state index in [2.05, 4.69) is 23.2 Å². The summed E-state index contributed by atoms with van der Waals surface area (Å²) in [5.41, 5.74) is 5.22. The van der Waals surface area contributed by atoms with Crippen molar-refractivity contribution in [3.05, 3.63) is 35.0 Å². The third-order valence-electron chi connectivity index (χ3n) is 4.77. The third kappa shape index (κ3) is 1.58. The number of benzene rings is 1. The van der Waals surface area contributed by atoms with Gasteiger partial charge in [0.1, 0.15) is 0 Å². The second-order valence-corrected chi connectivity index (χ2v) is 5.98. The number of hydrogen-bond acceptors (Lipinski definition) is 2. The standard InChI is InChI=1S/C16H19NO2/c18-8-16(9-19-10-16)11-5-6-15-13(7-11)12-3-1-2-4-14(12)17-15/h5-7,17-18H,1-4,8-10H2. The van der Waals surface area contributed by atoms with Crippen molar-refractivity contribution in [1.29, 1.82) is 0 Å². The molecule has 2 heterocycles. The Morgan fingerprint density at radius 2 is 2.05 bits per heavy atom. The summed E-state index contributed by atoms with van der Waals surface area (Å²) in [5, 5.41) is 11.0. The number of rotatable bonds is 2. The number of aliphatic hydroxyl groups is 1. The van der Waals surface area contributed by atoms with Crippen molar-refractivity contribution in [3.8, 4) is 0 Å². The summed E-state index contributed by atoms with van der Waals surface area (Å²) in [4.78, 5) is 3.55. The van der Waals surface area contributed by atoms with E-state index in [1.54, 1.807) is 0 Å². The van der Waals surface area contributed by atoms with Crippen LogP contribution in [-0.2, 0) is 23.0 Å². The number of nitrogens with one attached hydrogen (secondary N) is 1. The highest BCUT2D eigenvalue weighted by Gasteiger charge is 2.40. The molecule has 0 amide bonds. The predicted octanol–water partition coefficient (Wildman–Crippen LogP) is 2.31. The zero-order chi connectivity index (χ0) is 12.9. The maximum atomic E-state index is 9.66. The Hall–Kier alpha value is -1.32. The molecule has 4 rings (SSSR count). The summed E-state index contributed by atoms with van der Waals surface area (Å²) < 4.78 is 5.32. The van der Waals surface area contributed by atoms with Gasteiger partial charge in [-0.15, -0.1) is 0 Å². The van der Waals surface area contributed by atoms with Crippen molar-refractivity contribution in [2.75, 3.05) is 19.8 Å². The van der Waals surface area contributed by atoms with E-state index in [-0.39, 0.29) is 12.0 Å². The molecule has 1 aromatic heterocycles. The van der Waals surface area contributed by atoms with E-state index in [1.807, 2.05) is 0 Å². The lowest BCUT2D eigenvalue weighted by Crippen LogP contribution is -2.49. The molecule has 0 atom stereocenters. The zero-order valence-electron chi connectivity index (χ0n) is 11.0. The molecule has 19 heavy (non-hydrogen) atoms. The van der Waals surface area contributed by atoms with Gasteiger partial charge in [0.25, 0.3) is 0 Å². The molecule has 0 bridgehead atoms. The average molecular weight is 257 g/mol. The summed E-state index contributed by atoms with van der Waals surface area (Å²) in [6.45, 7) is 1.45. The van der Waals surface area contributed by atoms with E-state index in [0.717, 1.165) is 0 Å². The lowest BCUT2D eigenvalue weighted by molar-refractivity contribution is -0.0841. The van der Waals surface area contributed by atoms with Gasteiger partial charge in [0, 0.05) is 16.6 Å². The van der Waals surface area contributed by atoms with Crippen LogP contribution in [0.3, 0.4) is 0 Å². The molecule has 0 unspecified atom stereocenters. The predicted molar refractivity (Wildman–Crippen MR) is 74.5 cm³/mol. The SMILES string of the molecule is OCC1(c2ccc3[nH]c4c(c3c2)CCCC4)COC1. The van der Waals surface area contributed by atoms with Crippen LogP contribution >= 0.6 is 0 Å².